The van der Waals surface area contributed by atoms with Crippen molar-refractivity contribution in [2.45, 2.75) is 13.0 Å². The fourth-order valence-corrected chi connectivity index (χ4v) is 2.16. The van der Waals surface area contributed by atoms with Gasteiger partial charge >= 0.3 is 0 Å². The molecule has 0 radical (unpaired) electrons. The van der Waals surface area contributed by atoms with Crippen molar-refractivity contribution < 1.29 is 9.18 Å². The average Bonchev–Trinajstić information content (AvgIpc) is 3.24. The Morgan fingerprint density at radius 2 is 2.09 bits per heavy atom. The molecule has 0 fully saturated rings. The number of halogens is 1. The Bertz CT molecular complexity index is 764. The predicted molar refractivity (Wildman–Crippen MR) is 82.7 cm³/mol. The van der Waals surface area contributed by atoms with E-state index in [0.717, 1.165) is 18.7 Å². The monoisotopic (exact) mass is 313 g/mol. The van der Waals surface area contributed by atoms with Crippen molar-refractivity contribution in [3.63, 3.8) is 0 Å². The summed E-state index contributed by atoms with van der Waals surface area (Å²) in [6.07, 6.45) is 7.54. The second-order valence-corrected chi connectivity index (χ2v) is 5.02. The van der Waals surface area contributed by atoms with Gasteiger partial charge in [0, 0.05) is 37.4 Å². The van der Waals surface area contributed by atoms with E-state index in [1.165, 1.54) is 18.5 Å². The van der Waals surface area contributed by atoms with E-state index in [1.807, 2.05) is 16.9 Å². The minimum Gasteiger partial charge on any atom is -0.351 e. The lowest BCUT2D eigenvalue weighted by molar-refractivity contribution is 0.0948. The minimum atomic E-state index is -0.302. The van der Waals surface area contributed by atoms with Crippen molar-refractivity contribution in [1.29, 1.82) is 0 Å². The maximum absolute atomic E-state index is 12.9. The normalized spacial score (nSPS) is 10.7. The van der Waals surface area contributed by atoms with E-state index in [2.05, 4.69) is 15.4 Å². The van der Waals surface area contributed by atoms with Crippen LogP contribution in [0.4, 0.5) is 4.39 Å². The zero-order valence-electron chi connectivity index (χ0n) is 12.4. The van der Waals surface area contributed by atoms with Gasteiger partial charge in [0.25, 0.3) is 5.91 Å². The van der Waals surface area contributed by atoms with Gasteiger partial charge < -0.3 is 9.88 Å². The molecule has 0 saturated carbocycles. The Balaban J connectivity index is 1.52. The van der Waals surface area contributed by atoms with Gasteiger partial charge in [-0.15, -0.1) is 0 Å². The van der Waals surface area contributed by atoms with E-state index in [0.29, 0.717) is 12.2 Å². The fraction of sp³-hybridized carbons (Fsp3) is 0.188. The quantitative estimate of drug-likeness (QED) is 0.708. The highest BCUT2D eigenvalue weighted by Gasteiger charge is 2.09. The summed E-state index contributed by atoms with van der Waals surface area (Å²) in [7, 11) is 0. The van der Waals surface area contributed by atoms with Crippen LogP contribution in [0.15, 0.2) is 55.2 Å². The molecule has 2 aromatic heterocycles. The first-order chi connectivity index (χ1) is 11.2. The molecule has 1 N–H and O–H groups in total. The van der Waals surface area contributed by atoms with Gasteiger partial charge in [0.05, 0.1) is 0 Å². The van der Waals surface area contributed by atoms with Crippen LogP contribution in [0, 0.1) is 5.82 Å². The van der Waals surface area contributed by atoms with E-state index >= 15 is 0 Å². The third-order valence-corrected chi connectivity index (χ3v) is 3.35. The molecule has 0 unspecified atom stereocenters. The third kappa shape index (κ3) is 3.82. The summed E-state index contributed by atoms with van der Waals surface area (Å²) in [5.74, 6) is -0.532. The number of rotatable bonds is 6. The molecule has 1 amide bonds. The van der Waals surface area contributed by atoms with E-state index in [4.69, 9.17) is 0 Å². The van der Waals surface area contributed by atoms with Gasteiger partial charge in [-0.3, -0.25) is 9.48 Å². The molecular formula is C16H16FN5O. The van der Waals surface area contributed by atoms with Crippen molar-refractivity contribution in [1.82, 2.24) is 24.6 Å². The van der Waals surface area contributed by atoms with Crippen LogP contribution in [0.2, 0.25) is 0 Å². The van der Waals surface area contributed by atoms with Crippen LogP contribution in [-0.4, -0.2) is 31.8 Å². The Hall–Kier alpha value is -2.96. The molecule has 1 aromatic carbocycles. The Kier molecular flexibility index (Phi) is 4.46. The van der Waals surface area contributed by atoms with Crippen LogP contribution in [0.3, 0.4) is 0 Å². The first-order valence-corrected chi connectivity index (χ1v) is 7.28. The number of carbonyl (C=O) groups excluding carboxylic acids is 1. The number of aromatic nitrogens is 4. The predicted octanol–water partition coefficient (Wildman–Crippen LogP) is 2.03. The molecule has 0 aliphatic rings. The molecule has 0 spiro atoms. The lowest BCUT2D eigenvalue weighted by Crippen LogP contribution is -2.25. The molecule has 118 valence electrons. The standard InChI is InChI=1S/C16H16FN5O/c17-13-3-5-14(6-4-13)21-11-15(19-12-21)16(23)18-7-1-9-22-10-2-8-20-22/h2-6,8,10-12H,1,7,9H2,(H,18,23). The summed E-state index contributed by atoms with van der Waals surface area (Å²) in [6, 6.07) is 7.85. The number of carbonyl (C=O) groups is 1. The van der Waals surface area contributed by atoms with Gasteiger partial charge in [-0.2, -0.15) is 5.10 Å². The van der Waals surface area contributed by atoms with Crippen LogP contribution in [-0.2, 0) is 6.54 Å². The highest BCUT2D eigenvalue weighted by atomic mass is 19.1. The third-order valence-electron chi connectivity index (χ3n) is 3.35. The molecule has 0 aliphatic carbocycles. The summed E-state index contributed by atoms with van der Waals surface area (Å²) in [5, 5.41) is 6.92. The number of nitrogens with one attached hydrogen (secondary N) is 1. The highest BCUT2D eigenvalue weighted by molar-refractivity contribution is 5.92. The number of hydrogen-bond donors (Lipinski definition) is 1. The maximum atomic E-state index is 12.9. The SMILES string of the molecule is O=C(NCCCn1cccn1)c1cn(-c2ccc(F)cc2)cn1. The average molecular weight is 313 g/mol. The van der Waals surface area contributed by atoms with E-state index in [1.54, 1.807) is 29.1 Å². The summed E-state index contributed by atoms with van der Waals surface area (Å²) >= 11 is 0. The number of imidazole rings is 1. The molecule has 3 aromatic rings. The number of nitrogens with zero attached hydrogens (tertiary/aromatic N) is 4. The maximum Gasteiger partial charge on any atom is 0.271 e. The minimum absolute atomic E-state index is 0.230. The van der Waals surface area contributed by atoms with Crippen LogP contribution >= 0.6 is 0 Å². The molecule has 0 bridgehead atoms. The van der Waals surface area contributed by atoms with Crippen molar-refractivity contribution in [3.8, 4) is 5.69 Å². The van der Waals surface area contributed by atoms with Crippen LogP contribution in [0.25, 0.3) is 5.69 Å². The first kappa shape index (κ1) is 15.0. The van der Waals surface area contributed by atoms with Crippen molar-refractivity contribution in [2.24, 2.45) is 0 Å². The van der Waals surface area contributed by atoms with Crippen molar-refractivity contribution in [3.05, 3.63) is 66.8 Å². The van der Waals surface area contributed by atoms with E-state index in [-0.39, 0.29) is 11.7 Å². The van der Waals surface area contributed by atoms with Gasteiger partial charge in [0.15, 0.2) is 0 Å². The molecule has 0 aliphatic heterocycles. The summed E-state index contributed by atoms with van der Waals surface area (Å²) in [6.45, 7) is 1.29. The van der Waals surface area contributed by atoms with Crippen LogP contribution in [0.5, 0.6) is 0 Å². The van der Waals surface area contributed by atoms with Gasteiger partial charge in [-0.05, 0) is 36.8 Å². The smallest absolute Gasteiger partial charge is 0.271 e. The Morgan fingerprint density at radius 1 is 1.26 bits per heavy atom. The summed E-state index contributed by atoms with van der Waals surface area (Å²) < 4.78 is 16.4. The molecule has 0 atom stereocenters. The highest BCUT2D eigenvalue weighted by Crippen LogP contribution is 2.09. The Morgan fingerprint density at radius 3 is 2.83 bits per heavy atom. The fourth-order valence-electron chi connectivity index (χ4n) is 2.16. The number of benzene rings is 1. The number of amides is 1. The second-order valence-electron chi connectivity index (χ2n) is 5.02. The van der Waals surface area contributed by atoms with E-state index in [9.17, 15) is 9.18 Å². The van der Waals surface area contributed by atoms with Crippen LogP contribution < -0.4 is 5.32 Å². The first-order valence-electron chi connectivity index (χ1n) is 7.28. The molecule has 0 saturated heterocycles. The van der Waals surface area contributed by atoms with Gasteiger partial charge in [-0.1, -0.05) is 0 Å². The van der Waals surface area contributed by atoms with Gasteiger partial charge in [-0.25, -0.2) is 9.37 Å². The molecule has 23 heavy (non-hydrogen) atoms. The zero-order chi connectivity index (χ0) is 16.1. The topological polar surface area (TPSA) is 64.7 Å². The lowest BCUT2D eigenvalue weighted by atomic mass is 10.3. The molecule has 7 heteroatoms. The molecular weight excluding hydrogens is 297 g/mol. The zero-order valence-corrected chi connectivity index (χ0v) is 12.4. The number of aryl methyl sites for hydroxylation is 1. The summed E-state index contributed by atoms with van der Waals surface area (Å²) in [4.78, 5) is 16.1. The number of hydrogen-bond acceptors (Lipinski definition) is 3. The van der Waals surface area contributed by atoms with Crippen molar-refractivity contribution >= 4 is 5.91 Å². The molecule has 2 heterocycles. The Labute approximate surface area is 132 Å². The molecule has 3 rings (SSSR count). The van der Waals surface area contributed by atoms with Crippen LogP contribution in [0.1, 0.15) is 16.9 Å². The largest absolute Gasteiger partial charge is 0.351 e. The van der Waals surface area contributed by atoms with Gasteiger partial charge in [0.1, 0.15) is 17.8 Å². The van der Waals surface area contributed by atoms with Crippen molar-refractivity contribution in [2.75, 3.05) is 6.54 Å². The summed E-state index contributed by atoms with van der Waals surface area (Å²) in [5.41, 5.74) is 1.07. The second kappa shape index (κ2) is 6.87. The van der Waals surface area contributed by atoms with E-state index < -0.39 is 0 Å². The van der Waals surface area contributed by atoms with Gasteiger partial charge in [0.2, 0.25) is 0 Å². The molecule has 6 nitrogen and oxygen atoms in total. The lowest BCUT2D eigenvalue weighted by Gasteiger charge is -2.04.